The van der Waals surface area contributed by atoms with Crippen LogP contribution in [0.25, 0.3) is 10.4 Å². The van der Waals surface area contributed by atoms with Crippen molar-refractivity contribution in [2.24, 2.45) is 0 Å². The van der Waals surface area contributed by atoms with E-state index in [1.54, 1.807) is 13.2 Å². The Morgan fingerprint density at radius 2 is 2.00 bits per heavy atom. The Morgan fingerprint density at radius 1 is 1.23 bits per heavy atom. The normalized spacial score (nSPS) is 13.2. The number of hydrogen-bond donors (Lipinski definition) is 0. The molecule has 0 amide bonds. The molecule has 1 unspecified atom stereocenters. The molecule has 0 fully saturated rings. The first-order chi connectivity index (χ1) is 14.9. The van der Waals surface area contributed by atoms with E-state index in [0.717, 1.165) is 33.1 Å². The van der Waals surface area contributed by atoms with Crippen LogP contribution in [0.5, 0.6) is 5.75 Å². The second-order valence-corrected chi connectivity index (χ2v) is 8.76. The Hall–Kier alpha value is -2.90. The molecule has 0 bridgehead atoms. The summed E-state index contributed by atoms with van der Waals surface area (Å²) in [6.07, 6.45) is 0. The Bertz CT molecular complexity index is 1140. The van der Waals surface area contributed by atoms with Crippen molar-refractivity contribution in [3.8, 4) is 16.2 Å². The molecule has 0 spiro atoms. The number of aryl methyl sites for hydroxylation is 1. The summed E-state index contributed by atoms with van der Waals surface area (Å²) >= 11 is 1.37. The third kappa shape index (κ3) is 4.03. The number of rotatable bonds is 7. The highest BCUT2D eigenvalue weighted by Gasteiger charge is 2.24. The van der Waals surface area contributed by atoms with Gasteiger partial charge in [-0.05, 0) is 45.0 Å². The molecule has 0 saturated carbocycles. The first-order valence-corrected chi connectivity index (χ1v) is 10.9. The Kier molecular flexibility index (Phi) is 5.98. The maximum atomic E-state index is 12.8. The second-order valence-electron chi connectivity index (χ2n) is 7.71. The van der Waals surface area contributed by atoms with Crippen LogP contribution in [-0.2, 0) is 16.1 Å². The topological polar surface area (TPSA) is 66.8 Å². The smallest absolute Gasteiger partial charge is 0.348 e. The van der Waals surface area contributed by atoms with Crippen LogP contribution >= 0.6 is 11.3 Å². The lowest BCUT2D eigenvalue weighted by atomic mass is 10.1. The van der Waals surface area contributed by atoms with Crippen LogP contribution in [0, 0.1) is 13.8 Å². The largest absolute Gasteiger partial charge is 0.488 e. The molecular weight excluding hydrogens is 414 g/mol. The SMILES string of the molecule is COCC(C)n1c(C)cc(C(=O)COC(=O)c2cc3c(s2)-c2ccccc2OC3)c1C. The van der Waals surface area contributed by atoms with Crippen LogP contribution in [0.1, 0.15) is 49.9 Å². The van der Waals surface area contributed by atoms with Gasteiger partial charge in [0.25, 0.3) is 0 Å². The second kappa shape index (κ2) is 8.69. The highest BCUT2D eigenvalue weighted by Crippen LogP contribution is 2.42. The van der Waals surface area contributed by atoms with Gasteiger partial charge in [-0.2, -0.15) is 0 Å². The molecule has 3 heterocycles. The molecule has 0 N–H and O–H groups in total. The number of fused-ring (bicyclic) bond motifs is 3. The molecule has 6 nitrogen and oxygen atoms in total. The predicted molar refractivity (Wildman–Crippen MR) is 119 cm³/mol. The Labute approximate surface area is 185 Å². The molecule has 1 aromatic carbocycles. The molecule has 1 aliphatic rings. The van der Waals surface area contributed by atoms with Crippen molar-refractivity contribution in [3.05, 3.63) is 63.8 Å². The number of para-hydroxylation sites is 1. The first kappa shape index (κ1) is 21.3. The van der Waals surface area contributed by atoms with E-state index < -0.39 is 5.97 Å². The van der Waals surface area contributed by atoms with Crippen molar-refractivity contribution in [2.45, 2.75) is 33.4 Å². The lowest BCUT2D eigenvalue weighted by molar-refractivity contribution is 0.0479. The van der Waals surface area contributed by atoms with Gasteiger partial charge in [-0.1, -0.05) is 12.1 Å². The summed E-state index contributed by atoms with van der Waals surface area (Å²) in [4.78, 5) is 26.9. The molecule has 0 saturated heterocycles. The van der Waals surface area contributed by atoms with E-state index in [4.69, 9.17) is 14.2 Å². The van der Waals surface area contributed by atoms with Gasteiger partial charge in [0.1, 0.15) is 17.2 Å². The van der Waals surface area contributed by atoms with Crippen LogP contribution in [-0.4, -0.2) is 36.6 Å². The van der Waals surface area contributed by atoms with Crippen molar-refractivity contribution in [2.75, 3.05) is 20.3 Å². The van der Waals surface area contributed by atoms with Crippen LogP contribution in [0.4, 0.5) is 0 Å². The number of Topliss-reactive ketones (excluding diaryl/α,β-unsaturated/α-hetero) is 1. The van der Waals surface area contributed by atoms with E-state index in [9.17, 15) is 9.59 Å². The number of thiophene rings is 1. The molecule has 1 atom stereocenters. The van der Waals surface area contributed by atoms with Gasteiger partial charge in [-0.3, -0.25) is 4.79 Å². The molecular formula is C24H25NO5S. The molecule has 1 aliphatic heterocycles. The molecule has 4 rings (SSSR count). The zero-order chi connectivity index (χ0) is 22.1. The van der Waals surface area contributed by atoms with E-state index >= 15 is 0 Å². The minimum absolute atomic E-state index is 0.108. The highest BCUT2D eigenvalue weighted by molar-refractivity contribution is 7.17. The van der Waals surface area contributed by atoms with Crippen molar-refractivity contribution in [3.63, 3.8) is 0 Å². The van der Waals surface area contributed by atoms with Gasteiger partial charge in [-0.15, -0.1) is 11.3 Å². The van der Waals surface area contributed by atoms with E-state index in [1.165, 1.54) is 11.3 Å². The zero-order valence-electron chi connectivity index (χ0n) is 18.1. The summed E-state index contributed by atoms with van der Waals surface area (Å²) in [5.74, 6) is 0.101. The minimum Gasteiger partial charge on any atom is -0.488 e. The van der Waals surface area contributed by atoms with Crippen LogP contribution in [0.2, 0.25) is 0 Å². The van der Waals surface area contributed by atoms with E-state index in [1.807, 2.05) is 51.1 Å². The number of esters is 1. The van der Waals surface area contributed by atoms with Gasteiger partial charge >= 0.3 is 5.97 Å². The highest BCUT2D eigenvalue weighted by atomic mass is 32.1. The number of aromatic nitrogens is 1. The fourth-order valence-electron chi connectivity index (χ4n) is 4.13. The van der Waals surface area contributed by atoms with E-state index in [0.29, 0.717) is 23.7 Å². The van der Waals surface area contributed by atoms with Crippen LogP contribution in [0.15, 0.2) is 36.4 Å². The molecule has 2 aromatic heterocycles. The fraction of sp³-hybridized carbons (Fsp3) is 0.333. The monoisotopic (exact) mass is 439 g/mol. The summed E-state index contributed by atoms with van der Waals surface area (Å²) in [7, 11) is 1.66. The standard InChI is InChI=1S/C24H25NO5S/c1-14-9-19(16(3)25(14)15(2)11-28-4)20(26)13-30-24(27)22-10-17-12-29-21-8-6-5-7-18(21)23(17)31-22/h5-10,15H,11-13H2,1-4H3. The zero-order valence-corrected chi connectivity index (χ0v) is 18.9. The Balaban J connectivity index is 1.46. The number of ether oxygens (including phenoxy) is 3. The molecule has 7 heteroatoms. The lowest BCUT2D eigenvalue weighted by Gasteiger charge is -2.17. The summed E-state index contributed by atoms with van der Waals surface area (Å²) in [6.45, 7) is 6.57. The maximum Gasteiger partial charge on any atom is 0.348 e. The molecule has 0 radical (unpaired) electrons. The van der Waals surface area contributed by atoms with Gasteiger partial charge in [0.15, 0.2) is 6.61 Å². The molecule has 3 aromatic rings. The van der Waals surface area contributed by atoms with E-state index in [2.05, 4.69) is 4.57 Å². The van der Waals surface area contributed by atoms with Crippen LogP contribution < -0.4 is 4.74 Å². The van der Waals surface area contributed by atoms with Gasteiger partial charge in [0.2, 0.25) is 5.78 Å². The lowest BCUT2D eigenvalue weighted by Crippen LogP contribution is -2.16. The summed E-state index contributed by atoms with van der Waals surface area (Å²) in [5.41, 5.74) is 4.32. The number of carbonyl (C=O) groups excluding carboxylic acids is 2. The van der Waals surface area contributed by atoms with Crippen LogP contribution in [0.3, 0.4) is 0 Å². The molecule has 31 heavy (non-hydrogen) atoms. The van der Waals surface area contributed by atoms with Crippen molar-refractivity contribution < 1.29 is 23.8 Å². The quantitative estimate of drug-likeness (QED) is 0.384. The number of nitrogens with zero attached hydrogens (tertiary/aromatic N) is 1. The van der Waals surface area contributed by atoms with E-state index in [-0.39, 0.29) is 18.4 Å². The summed E-state index contributed by atoms with van der Waals surface area (Å²) < 4.78 is 18.4. The molecule has 162 valence electrons. The van der Waals surface area contributed by atoms with Gasteiger partial charge in [0.05, 0.1) is 12.6 Å². The number of hydrogen-bond acceptors (Lipinski definition) is 6. The number of carbonyl (C=O) groups is 2. The predicted octanol–water partition coefficient (Wildman–Crippen LogP) is 4.97. The van der Waals surface area contributed by atoms with Gasteiger partial charge in [0, 0.05) is 40.1 Å². The van der Waals surface area contributed by atoms with Gasteiger partial charge < -0.3 is 18.8 Å². The summed E-state index contributed by atoms with van der Waals surface area (Å²) in [6, 6.07) is 11.5. The average molecular weight is 440 g/mol. The number of methoxy groups -OCH3 is 1. The maximum absolute atomic E-state index is 12.8. The fourth-order valence-corrected chi connectivity index (χ4v) is 5.22. The Morgan fingerprint density at radius 3 is 2.77 bits per heavy atom. The third-order valence-corrected chi connectivity index (χ3v) is 6.68. The third-order valence-electron chi connectivity index (χ3n) is 5.49. The van der Waals surface area contributed by atoms with Crippen molar-refractivity contribution >= 4 is 23.1 Å². The van der Waals surface area contributed by atoms with Crippen molar-refractivity contribution in [1.29, 1.82) is 0 Å². The summed E-state index contributed by atoms with van der Waals surface area (Å²) in [5, 5.41) is 0. The average Bonchev–Trinajstić information content (AvgIpc) is 3.33. The number of benzene rings is 1. The van der Waals surface area contributed by atoms with Crippen molar-refractivity contribution in [1.82, 2.24) is 4.57 Å². The minimum atomic E-state index is -0.494. The number of ketones is 1. The first-order valence-electron chi connectivity index (χ1n) is 10.1. The van der Waals surface area contributed by atoms with Gasteiger partial charge in [-0.25, -0.2) is 4.79 Å². The molecule has 0 aliphatic carbocycles.